The van der Waals surface area contributed by atoms with Gasteiger partial charge in [-0.15, -0.1) is 0 Å². The molecule has 2 heterocycles. The van der Waals surface area contributed by atoms with Crippen LogP contribution in [0.2, 0.25) is 0 Å². The molecular formula is C16H16N4O3S. The Labute approximate surface area is 139 Å². The minimum absolute atomic E-state index is 0.000506. The number of aromatic nitrogens is 3. The molecule has 0 saturated heterocycles. The zero-order valence-electron chi connectivity index (χ0n) is 13.4. The van der Waals surface area contributed by atoms with Crippen molar-refractivity contribution in [2.75, 3.05) is 4.72 Å². The molecule has 0 fully saturated rings. The maximum atomic E-state index is 12.5. The number of rotatable bonds is 4. The molecule has 0 spiro atoms. The number of nitrogens with one attached hydrogen (secondary N) is 1. The van der Waals surface area contributed by atoms with Crippen molar-refractivity contribution in [3.8, 4) is 11.3 Å². The second kappa shape index (κ2) is 6.04. The van der Waals surface area contributed by atoms with Crippen molar-refractivity contribution < 1.29 is 12.9 Å². The van der Waals surface area contributed by atoms with Gasteiger partial charge in [-0.3, -0.25) is 0 Å². The van der Waals surface area contributed by atoms with Gasteiger partial charge < -0.3 is 4.52 Å². The average molecular weight is 344 g/mol. The topological polar surface area (TPSA) is 98.0 Å². The third-order valence-corrected chi connectivity index (χ3v) is 5.05. The normalized spacial score (nSPS) is 11.5. The largest absolute Gasteiger partial charge is 0.360 e. The first-order valence-corrected chi connectivity index (χ1v) is 8.71. The van der Waals surface area contributed by atoms with Crippen LogP contribution >= 0.6 is 0 Å². The Kier molecular flexibility index (Phi) is 4.06. The zero-order valence-corrected chi connectivity index (χ0v) is 14.3. The van der Waals surface area contributed by atoms with Gasteiger partial charge in [0.1, 0.15) is 5.69 Å². The van der Waals surface area contributed by atoms with Gasteiger partial charge in [-0.1, -0.05) is 35.5 Å². The number of hydrogen-bond donors (Lipinski definition) is 1. The molecule has 8 heteroatoms. The monoisotopic (exact) mass is 344 g/mol. The third kappa shape index (κ3) is 3.00. The van der Waals surface area contributed by atoms with E-state index in [0.717, 1.165) is 11.1 Å². The van der Waals surface area contributed by atoms with Crippen LogP contribution in [0.25, 0.3) is 11.3 Å². The van der Waals surface area contributed by atoms with Gasteiger partial charge in [-0.05, 0) is 26.3 Å². The summed E-state index contributed by atoms with van der Waals surface area (Å²) < 4.78 is 32.4. The molecule has 0 radical (unpaired) electrons. The van der Waals surface area contributed by atoms with Gasteiger partial charge in [0.15, 0.2) is 10.7 Å². The summed E-state index contributed by atoms with van der Waals surface area (Å²) in [6.45, 7) is 4.98. The van der Waals surface area contributed by atoms with Crippen LogP contribution in [-0.4, -0.2) is 23.5 Å². The van der Waals surface area contributed by atoms with Gasteiger partial charge in [0.05, 0.1) is 5.69 Å². The van der Waals surface area contributed by atoms with Gasteiger partial charge in [-0.2, -0.15) is 0 Å². The molecule has 0 aliphatic rings. The van der Waals surface area contributed by atoms with E-state index in [1.165, 1.54) is 0 Å². The Morgan fingerprint density at radius 1 is 1.08 bits per heavy atom. The van der Waals surface area contributed by atoms with Crippen molar-refractivity contribution in [2.24, 2.45) is 0 Å². The zero-order chi connectivity index (χ0) is 17.3. The van der Waals surface area contributed by atoms with Crippen molar-refractivity contribution in [3.05, 3.63) is 53.5 Å². The van der Waals surface area contributed by atoms with Crippen LogP contribution in [0.15, 0.2) is 45.9 Å². The number of aryl methyl sites for hydroxylation is 3. The van der Waals surface area contributed by atoms with E-state index < -0.39 is 10.0 Å². The van der Waals surface area contributed by atoms with Gasteiger partial charge in [0.2, 0.25) is 5.95 Å². The molecule has 1 N–H and O–H groups in total. The molecule has 0 unspecified atom stereocenters. The SMILES string of the molecule is Cc1cnc(NS(=O)(=O)c2c(C)noc2C)nc1-c1ccccc1. The first kappa shape index (κ1) is 16.1. The van der Waals surface area contributed by atoms with Crippen molar-refractivity contribution in [2.45, 2.75) is 25.7 Å². The lowest BCUT2D eigenvalue weighted by Gasteiger charge is -2.09. The molecule has 124 valence electrons. The Bertz CT molecular complexity index is 962. The van der Waals surface area contributed by atoms with E-state index in [-0.39, 0.29) is 22.3 Å². The predicted molar refractivity (Wildman–Crippen MR) is 89.0 cm³/mol. The number of nitrogens with zero attached hydrogens (tertiary/aromatic N) is 3. The molecule has 0 saturated carbocycles. The molecule has 0 aliphatic heterocycles. The van der Waals surface area contributed by atoms with Gasteiger partial charge in [-0.25, -0.2) is 23.1 Å². The van der Waals surface area contributed by atoms with Crippen molar-refractivity contribution in [1.82, 2.24) is 15.1 Å². The molecule has 0 atom stereocenters. The van der Waals surface area contributed by atoms with Crippen LogP contribution in [0.1, 0.15) is 17.0 Å². The number of anilines is 1. The molecule has 0 aliphatic carbocycles. The van der Waals surface area contributed by atoms with Crippen molar-refractivity contribution in [3.63, 3.8) is 0 Å². The fourth-order valence-corrected chi connectivity index (χ4v) is 3.69. The molecular weight excluding hydrogens is 328 g/mol. The molecule has 3 aromatic rings. The van der Waals surface area contributed by atoms with Crippen molar-refractivity contribution in [1.29, 1.82) is 0 Å². The Hall–Kier alpha value is -2.74. The standard InChI is InChI=1S/C16H16N4O3S/c1-10-9-17-16(18-14(10)13-7-5-4-6-8-13)20-24(21,22)15-11(2)19-23-12(15)3/h4-9H,1-3H3,(H,17,18,20). The smallest absolute Gasteiger partial charge is 0.269 e. The summed E-state index contributed by atoms with van der Waals surface area (Å²) in [5.74, 6) is 0.217. The summed E-state index contributed by atoms with van der Waals surface area (Å²) >= 11 is 0. The van der Waals surface area contributed by atoms with E-state index in [0.29, 0.717) is 5.69 Å². The molecule has 24 heavy (non-hydrogen) atoms. The van der Waals surface area contributed by atoms with E-state index in [1.54, 1.807) is 20.0 Å². The lowest BCUT2D eigenvalue weighted by molar-refractivity contribution is 0.390. The summed E-state index contributed by atoms with van der Waals surface area (Å²) in [5, 5.41) is 3.67. The van der Waals surface area contributed by atoms with Crippen LogP contribution in [-0.2, 0) is 10.0 Å². The summed E-state index contributed by atoms with van der Waals surface area (Å²) in [4.78, 5) is 8.42. The number of sulfonamides is 1. The van der Waals surface area contributed by atoms with Crippen LogP contribution in [0, 0.1) is 20.8 Å². The molecule has 7 nitrogen and oxygen atoms in total. The first-order chi connectivity index (χ1) is 11.4. The highest BCUT2D eigenvalue weighted by atomic mass is 32.2. The van der Waals surface area contributed by atoms with E-state index in [4.69, 9.17) is 4.52 Å². The van der Waals surface area contributed by atoms with Gasteiger partial charge in [0, 0.05) is 11.8 Å². The summed E-state index contributed by atoms with van der Waals surface area (Å²) in [6.07, 6.45) is 1.58. The van der Waals surface area contributed by atoms with E-state index >= 15 is 0 Å². The highest BCUT2D eigenvalue weighted by Crippen LogP contribution is 2.24. The maximum absolute atomic E-state index is 12.5. The van der Waals surface area contributed by atoms with Crippen LogP contribution in [0.3, 0.4) is 0 Å². The van der Waals surface area contributed by atoms with Crippen LogP contribution in [0.4, 0.5) is 5.95 Å². The summed E-state index contributed by atoms with van der Waals surface area (Å²) in [5.41, 5.74) is 2.69. The summed E-state index contributed by atoms with van der Waals surface area (Å²) in [7, 11) is -3.87. The predicted octanol–water partition coefficient (Wildman–Crippen LogP) is 2.86. The fraction of sp³-hybridized carbons (Fsp3) is 0.188. The van der Waals surface area contributed by atoms with Crippen LogP contribution in [0.5, 0.6) is 0 Å². The maximum Gasteiger partial charge on any atom is 0.269 e. The number of hydrogen-bond acceptors (Lipinski definition) is 6. The third-order valence-electron chi connectivity index (χ3n) is 3.48. The van der Waals surface area contributed by atoms with Crippen molar-refractivity contribution >= 4 is 16.0 Å². The molecule has 1 aromatic carbocycles. The average Bonchev–Trinajstić information content (AvgIpc) is 2.89. The van der Waals surface area contributed by atoms with Gasteiger partial charge >= 0.3 is 0 Å². The minimum Gasteiger partial charge on any atom is -0.360 e. The molecule has 0 bridgehead atoms. The highest BCUT2D eigenvalue weighted by Gasteiger charge is 2.25. The van der Waals surface area contributed by atoms with E-state index in [2.05, 4.69) is 19.8 Å². The van der Waals surface area contributed by atoms with Crippen LogP contribution < -0.4 is 4.72 Å². The Balaban J connectivity index is 2.00. The lowest BCUT2D eigenvalue weighted by Crippen LogP contribution is -2.16. The molecule has 0 amide bonds. The first-order valence-electron chi connectivity index (χ1n) is 7.23. The fourth-order valence-electron chi connectivity index (χ4n) is 2.41. The minimum atomic E-state index is -3.87. The molecule has 2 aromatic heterocycles. The second-order valence-corrected chi connectivity index (χ2v) is 6.97. The van der Waals surface area contributed by atoms with E-state index in [1.807, 2.05) is 37.3 Å². The highest BCUT2D eigenvalue weighted by molar-refractivity contribution is 7.92. The van der Waals surface area contributed by atoms with Gasteiger partial charge in [0.25, 0.3) is 10.0 Å². The Morgan fingerprint density at radius 3 is 2.42 bits per heavy atom. The second-order valence-electron chi connectivity index (χ2n) is 5.35. The quantitative estimate of drug-likeness (QED) is 0.781. The summed E-state index contributed by atoms with van der Waals surface area (Å²) in [6, 6.07) is 9.50. The lowest BCUT2D eigenvalue weighted by atomic mass is 10.1. The van der Waals surface area contributed by atoms with E-state index in [9.17, 15) is 8.42 Å². The Morgan fingerprint density at radius 2 is 1.79 bits per heavy atom. The number of benzene rings is 1. The molecule has 3 rings (SSSR count).